The number of halogens is 2. The van der Waals surface area contributed by atoms with Crippen molar-refractivity contribution in [3.05, 3.63) is 104 Å². The molecule has 5 nitrogen and oxygen atoms in total. The van der Waals surface area contributed by atoms with Gasteiger partial charge in [0, 0.05) is 11.4 Å². The first-order chi connectivity index (χ1) is 16.8. The summed E-state index contributed by atoms with van der Waals surface area (Å²) >= 11 is 13.4. The molecule has 1 aliphatic heterocycles. The van der Waals surface area contributed by atoms with Crippen LogP contribution in [-0.2, 0) is 16.0 Å². The summed E-state index contributed by atoms with van der Waals surface area (Å²) in [5.74, 6) is -0.780. The quantitative estimate of drug-likeness (QED) is 0.300. The van der Waals surface area contributed by atoms with E-state index in [2.05, 4.69) is 5.32 Å². The molecule has 35 heavy (non-hydrogen) atoms. The van der Waals surface area contributed by atoms with Crippen molar-refractivity contribution in [1.82, 2.24) is 0 Å². The van der Waals surface area contributed by atoms with E-state index in [1.165, 1.54) is 16.7 Å². The Morgan fingerprint density at radius 3 is 2.43 bits per heavy atom. The molecule has 8 heteroatoms. The second kappa shape index (κ2) is 10.6. The van der Waals surface area contributed by atoms with Gasteiger partial charge in [-0.3, -0.25) is 14.5 Å². The fourth-order valence-electron chi connectivity index (χ4n) is 3.68. The number of benzene rings is 3. The summed E-state index contributed by atoms with van der Waals surface area (Å²) in [6.07, 6.45) is 0.365. The molecular formula is C27H21Cl2N3O2S. The van der Waals surface area contributed by atoms with Gasteiger partial charge in [-0.05, 0) is 73.4 Å². The van der Waals surface area contributed by atoms with E-state index in [9.17, 15) is 14.9 Å². The number of hydrogen-bond donors (Lipinski definition) is 1. The van der Waals surface area contributed by atoms with Crippen molar-refractivity contribution in [3.8, 4) is 6.07 Å². The number of aryl methyl sites for hydroxylation is 2. The molecule has 3 aromatic rings. The Morgan fingerprint density at radius 2 is 1.77 bits per heavy atom. The van der Waals surface area contributed by atoms with Crippen LogP contribution in [0.3, 0.4) is 0 Å². The molecule has 1 unspecified atom stereocenters. The summed E-state index contributed by atoms with van der Waals surface area (Å²) in [4.78, 5) is 28.2. The van der Waals surface area contributed by atoms with Crippen LogP contribution >= 0.6 is 35.0 Å². The van der Waals surface area contributed by atoms with Crippen molar-refractivity contribution in [2.24, 2.45) is 0 Å². The fraction of sp³-hybridized carbons (Fsp3) is 0.148. The first kappa shape index (κ1) is 24.9. The minimum Gasteiger partial charge on any atom is -0.321 e. The van der Waals surface area contributed by atoms with Gasteiger partial charge in [-0.25, -0.2) is 0 Å². The molecule has 1 aliphatic rings. The fourth-order valence-corrected chi connectivity index (χ4v) is 5.31. The van der Waals surface area contributed by atoms with Crippen LogP contribution in [0.2, 0.25) is 10.0 Å². The Morgan fingerprint density at radius 1 is 1.03 bits per heavy atom. The minimum absolute atomic E-state index is 0.123. The lowest BCUT2D eigenvalue weighted by molar-refractivity contribution is -0.117. The van der Waals surface area contributed by atoms with E-state index in [0.717, 1.165) is 16.7 Å². The van der Waals surface area contributed by atoms with Gasteiger partial charge in [-0.1, -0.05) is 65.3 Å². The Hall–Kier alpha value is -3.24. The summed E-state index contributed by atoms with van der Waals surface area (Å²) in [5.41, 5.74) is 3.96. The number of nitrogens with one attached hydrogen (secondary N) is 1. The number of rotatable bonds is 5. The first-order valence-electron chi connectivity index (χ1n) is 10.8. The second-order valence-electron chi connectivity index (χ2n) is 8.11. The van der Waals surface area contributed by atoms with E-state index >= 15 is 0 Å². The molecular weight excluding hydrogens is 501 g/mol. The third-order valence-electron chi connectivity index (χ3n) is 5.69. The minimum atomic E-state index is -0.571. The van der Waals surface area contributed by atoms with Gasteiger partial charge >= 0.3 is 0 Å². The van der Waals surface area contributed by atoms with Crippen molar-refractivity contribution in [2.45, 2.75) is 25.5 Å². The molecule has 0 radical (unpaired) electrons. The largest absolute Gasteiger partial charge is 0.321 e. The van der Waals surface area contributed by atoms with Crippen LogP contribution in [0, 0.1) is 25.2 Å². The van der Waals surface area contributed by atoms with E-state index in [1.807, 2.05) is 50.2 Å². The number of nitrogens with zero attached hydrogens (tertiary/aromatic N) is 2. The van der Waals surface area contributed by atoms with Crippen LogP contribution < -0.4 is 10.2 Å². The number of carbonyl (C=O) groups excluding carboxylic acids is 2. The van der Waals surface area contributed by atoms with Crippen molar-refractivity contribution >= 4 is 58.2 Å². The van der Waals surface area contributed by atoms with E-state index in [1.54, 1.807) is 36.4 Å². The number of hydrogen-bond acceptors (Lipinski definition) is 4. The van der Waals surface area contributed by atoms with Crippen LogP contribution in [0.5, 0.6) is 0 Å². The SMILES string of the molecule is Cc1ccc(N2C(=O)C(Cc3ccc(Cl)c(Cl)c3)S/C2=C(/C#N)C(=O)Nc2ccccc2)cc1C. The molecule has 4 rings (SSSR count). The maximum atomic E-state index is 13.6. The molecule has 1 N–H and O–H groups in total. The molecule has 0 bridgehead atoms. The summed E-state index contributed by atoms with van der Waals surface area (Å²) in [7, 11) is 0. The zero-order valence-corrected chi connectivity index (χ0v) is 21.3. The van der Waals surface area contributed by atoms with Gasteiger partial charge in [0.05, 0.1) is 15.3 Å². The van der Waals surface area contributed by atoms with Crippen molar-refractivity contribution < 1.29 is 9.59 Å². The van der Waals surface area contributed by atoms with Crippen LogP contribution in [-0.4, -0.2) is 17.1 Å². The maximum absolute atomic E-state index is 13.6. The number of anilines is 2. The average Bonchev–Trinajstić information content (AvgIpc) is 3.14. The molecule has 3 aromatic carbocycles. The monoisotopic (exact) mass is 521 g/mol. The summed E-state index contributed by atoms with van der Waals surface area (Å²) in [6, 6.07) is 21.8. The highest BCUT2D eigenvalue weighted by Crippen LogP contribution is 2.42. The molecule has 0 aromatic heterocycles. The Balaban J connectivity index is 1.75. The number of amides is 2. The Labute approximate surface area is 218 Å². The molecule has 0 aliphatic carbocycles. The highest BCUT2D eigenvalue weighted by Gasteiger charge is 2.41. The predicted molar refractivity (Wildman–Crippen MR) is 143 cm³/mol. The Kier molecular flexibility index (Phi) is 7.51. The van der Waals surface area contributed by atoms with E-state index < -0.39 is 11.2 Å². The number of para-hydroxylation sites is 1. The average molecular weight is 522 g/mol. The maximum Gasteiger partial charge on any atom is 0.269 e. The number of thioether (sulfide) groups is 1. The van der Waals surface area contributed by atoms with Crippen molar-refractivity contribution in [3.63, 3.8) is 0 Å². The van der Waals surface area contributed by atoms with Crippen LogP contribution in [0.25, 0.3) is 0 Å². The van der Waals surface area contributed by atoms with Gasteiger partial charge in [0.2, 0.25) is 5.91 Å². The lowest BCUT2D eigenvalue weighted by atomic mass is 10.1. The normalized spacial score (nSPS) is 16.7. The number of carbonyl (C=O) groups is 2. The van der Waals surface area contributed by atoms with Gasteiger partial charge in [-0.2, -0.15) is 5.26 Å². The zero-order valence-electron chi connectivity index (χ0n) is 19.0. The highest BCUT2D eigenvalue weighted by atomic mass is 35.5. The lowest BCUT2D eigenvalue weighted by Gasteiger charge is -2.20. The standard InChI is InChI=1S/C27H21Cl2N3O2S/c1-16-8-10-20(12-17(16)2)32-26(34)24(14-18-9-11-22(28)23(29)13-18)35-27(32)21(15-30)25(33)31-19-6-4-3-5-7-19/h3-13,24H,14H2,1-2H3,(H,31,33)/b27-21-. The third-order valence-corrected chi connectivity index (χ3v) is 7.69. The molecule has 1 atom stereocenters. The Bertz CT molecular complexity index is 1380. The lowest BCUT2D eigenvalue weighted by Crippen LogP contribution is -2.31. The third kappa shape index (κ3) is 5.38. The summed E-state index contributed by atoms with van der Waals surface area (Å²) in [5, 5.41) is 13.3. The van der Waals surface area contributed by atoms with Gasteiger partial charge in [0.25, 0.3) is 5.91 Å². The summed E-state index contributed by atoms with van der Waals surface area (Å²) < 4.78 is 0. The zero-order chi connectivity index (χ0) is 25.1. The molecule has 0 saturated carbocycles. The molecule has 1 heterocycles. The van der Waals surface area contributed by atoms with Gasteiger partial charge in [0.1, 0.15) is 16.7 Å². The molecule has 0 spiro atoms. The van der Waals surface area contributed by atoms with Crippen LogP contribution in [0.15, 0.2) is 77.3 Å². The van der Waals surface area contributed by atoms with Gasteiger partial charge in [-0.15, -0.1) is 0 Å². The van der Waals surface area contributed by atoms with Gasteiger partial charge < -0.3 is 5.32 Å². The molecule has 1 saturated heterocycles. The number of nitriles is 1. The first-order valence-corrected chi connectivity index (χ1v) is 12.4. The highest BCUT2D eigenvalue weighted by molar-refractivity contribution is 8.05. The van der Waals surface area contributed by atoms with E-state index in [-0.39, 0.29) is 11.5 Å². The van der Waals surface area contributed by atoms with E-state index in [0.29, 0.717) is 32.9 Å². The topological polar surface area (TPSA) is 73.2 Å². The van der Waals surface area contributed by atoms with Crippen LogP contribution in [0.4, 0.5) is 11.4 Å². The van der Waals surface area contributed by atoms with Crippen molar-refractivity contribution in [1.29, 1.82) is 5.26 Å². The second-order valence-corrected chi connectivity index (χ2v) is 10.1. The smallest absolute Gasteiger partial charge is 0.269 e. The molecule has 2 amide bonds. The molecule has 176 valence electrons. The van der Waals surface area contributed by atoms with E-state index in [4.69, 9.17) is 23.2 Å². The van der Waals surface area contributed by atoms with Crippen LogP contribution in [0.1, 0.15) is 16.7 Å². The predicted octanol–water partition coefficient (Wildman–Crippen LogP) is 6.68. The van der Waals surface area contributed by atoms with Crippen molar-refractivity contribution in [2.75, 3.05) is 10.2 Å². The summed E-state index contributed by atoms with van der Waals surface area (Å²) in [6.45, 7) is 3.94. The van der Waals surface area contributed by atoms with Gasteiger partial charge in [0.15, 0.2) is 0 Å². The molecule has 1 fully saturated rings.